The van der Waals surface area contributed by atoms with E-state index in [-0.39, 0.29) is 18.5 Å². The maximum absolute atomic E-state index is 11.6. The van der Waals surface area contributed by atoms with Gasteiger partial charge >= 0.3 is 0 Å². The summed E-state index contributed by atoms with van der Waals surface area (Å²) >= 11 is 7.61. The summed E-state index contributed by atoms with van der Waals surface area (Å²) in [7, 11) is 3.45. The van der Waals surface area contributed by atoms with Gasteiger partial charge in [-0.3, -0.25) is 4.79 Å². The van der Waals surface area contributed by atoms with Crippen molar-refractivity contribution in [1.29, 1.82) is 0 Å². The molecule has 23 heavy (non-hydrogen) atoms. The number of carbonyl (C=O) groups excluding carboxylic acids is 1. The number of nitrogens with one attached hydrogen (secondary N) is 2. The normalized spacial score (nSPS) is 11.5. The van der Waals surface area contributed by atoms with Crippen molar-refractivity contribution in [2.75, 3.05) is 32.9 Å². The largest absolute Gasteiger partial charge is 0.356 e. The minimum Gasteiger partial charge on any atom is -0.356 e. The minimum absolute atomic E-state index is 0.0228. The lowest BCUT2D eigenvalue weighted by Crippen LogP contribution is -2.42. The third kappa shape index (κ3) is 8.71. The van der Waals surface area contributed by atoms with E-state index in [1.54, 1.807) is 25.9 Å². The molecular weight excluding hydrogens is 332 g/mol. The van der Waals surface area contributed by atoms with E-state index in [2.05, 4.69) is 15.6 Å². The summed E-state index contributed by atoms with van der Waals surface area (Å²) < 4.78 is 0. The highest BCUT2D eigenvalue weighted by molar-refractivity contribution is 7.99. The molecule has 1 aromatic rings. The molecular formula is C16H25ClN4OS. The predicted molar refractivity (Wildman–Crippen MR) is 99.4 cm³/mol. The minimum atomic E-state index is -0.0228. The first-order valence-corrected chi connectivity index (χ1v) is 8.88. The molecule has 0 bridgehead atoms. The molecule has 0 aliphatic heterocycles. The molecule has 0 fully saturated rings. The lowest BCUT2D eigenvalue weighted by molar-refractivity contribution is -0.127. The zero-order valence-electron chi connectivity index (χ0n) is 14.1. The zero-order valence-corrected chi connectivity index (χ0v) is 15.7. The standard InChI is InChI=1S/C16H25ClN4OS/c1-12(2)20-16(19-11-15(22)21(3)4)18-9-10-23-14-7-5-13(17)6-8-14/h5-8,12H,9-11H2,1-4H3,(H2,18,19,20). The summed E-state index contributed by atoms with van der Waals surface area (Å²) in [6, 6.07) is 8.03. The molecule has 1 aromatic carbocycles. The van der Waals surface area contributed by atoms with Gasteiger partial charge in [0.15, 0.2) is 5.96 Å². The Balaban J connectivity index is 2.42. The van der Waals surface area contributed by atoms with Crippen LogP contribution in [-0.2, 0) is 4.79 Å². The summed E-state index contributed by atoms with van der Waals surface area (Å²) in [5.41, 5.74) is 0. The van der Waals surface area contributed by atoms with E-state index in [0.717, 1.165) is 17.3 Å². The second-order valence-electron chi connectivity index (χ2n) is 5.48. The van der Waals surface area contributed by atoms with E-state index in [4.69, 9.17) is 11.6 Å². The average molecular weight is 357 g/mol. The van der Waals surface area contributed by atoms with Crippen molar-refractivity contribution in [2.24, 2.45) is 4.99 Å². The maximum atomic E-state index is 11.6. The van der Waals surface area contributed by atoms with E-state index in [1.165, 1.54) is 9.80 Å². The lowest BCUT2D eigenvalue weighted by atomic mass is 10.4. The molecule has 0 aliphatic rings. The number of hydrogen-bond donors (Lipinski definition) is 2. The first-order chi connectivity index (χ1) is 10.9. The van der Waals surface area contributed by atoms with Gasteiger partial charge in [0.25, 0.3) is 0 Å². The van der Waals surface area contributed by atoms with Crippen LogP contribution in [0.2, 0.25) is 5.02 Å². The highest BCUT2D eigenvalue weighted by Gasteiger charge is 2.05. The quantitative estimate of drug-likeness (QED) is 0.341. The van der Waals surface area contributed by atoms with E-state index in [9.17, 15) is 4.79 Å². The van der Waals surface area contributed by atoms with Crippen LogP contribution in [0.25, 0.3) is 0 Å². The Hall–Kier alpha value is -1.40. The van der Waals surface area contributed by atoms with Crippen LogP contribution < -0.4 is 10.6 Å². The van der Waals surface area contributed by atoms with E-state index in [0.29, 0.717) is 5.96 Å². The third-order valence-electron chi connectivity index (χ3n) is 2.77. The zero-order chi connectivity index (χ0) is 17.2. The predicted octanol–water partition coefficient (Wildman–Crippen LogP) is 2.46. The molecule has 0 aliphatic carbocycles. The number of aliphatic imine (C=N–C) groups is 1. The van der Waals surface area contributed by atoms with Crippen LogP contribution in [0.5, 0.6) is 0 Å². The van der Waals surface area contributed by atoms with E-state index >= 15 is 0 Å². The fourth-order valence-corrected chi connectivity index (χ4v) is 2.48. The van der Waals surface area contributed by atoms with Gasteiger partial charge in [0, 0.05) is 42.4 Å². The molecule has 128 valence electrons. The summed E-state index contributed by atoms with van der Waals surface area (Å²) in [4.78, 5) is 18.7. The number of halogens is 1. The molecule has 0 aromatic heterocycles. The SMILES string of the molecule is CC(C)NC(=NCC(=O)N(C)C)NCCSc1ccc(Cl)cc1. The number of rotatable bonds is 7. The van der Waals surface area contributed by atoms with E-state index < -0.39 is 0 Å². The van der Waals surface area contributed by atoms with Crippen LogP contribution >= 0.6 is 23.4 Å². The number of likely N-dealkylation sites (N-methyl/N-ethyl adjacent to an activating group) is 1. The Kier molecular flexibility index (Phi) is 8.87. The van der Waals surface area contributed by atoms with Crippen molar-refractivity contribution in [3.63, 3.8) is 0 Å². The first-order valence-electron chi connectivity index (χ1n) is 7.52. The highest BCUT2D eigenvalue weighted by atomic mass is 35.5. The fourth-order valence-electron chi connectivity index (χ4n) is 1.58. The van der Waals surface area contributed by atoms with Gasteiger partial charge < -0.3 is 15.5 Å². The Morgan fingerprint density at radius 2 is 1.96 bits per heavy atom. The van der Waals surface area contributed by atoms with Crippen LogP contribution in [0.4, 0.5) is 0 Å². The van der Waals surface area contributed by atoms with Crippen LogP contribution in [0.15, 0.2) is 34.2 Å². The topological polar surface area (TPSA) is 56.7 Å². The molecule has 5 nitrogen and oxygen atoms in total. The number of nitrogens with zero attached hydrogens (tertiary/aromatic N) is 2. The summed E-state index contributed by atoms with van der Waals surface area (Å²) in [5, 5.41) is 7.21. The van der Waals surface area contributed by atoms with E-state index in [1.807, 2.05) is 38.1 Å². The van der Waals surface area contributed by atoms with Gasteiger partial charge in [0.1, 0.15) is 6.54 Å². The Morgan fingerprint density at radius 1 is 1.30 bits per heavy atom. The molecule has 0 saturated carbocycles. The summed E-state index contributed by atoms with van der Waals surface area (Å²) in [6.07, 6.45) is 0. The van der Waals surface area contributed by atoms with Crippen LogP contribution in [0.3, 0.4) is 0 Å². The average Bonchev–Trinajstić information content (AvgIpc) is 2.49. The van der Waals surface area contributed by atoms with Crippen LogP contribution in [-0.4, -0.2) is 55.7 Å². The summed E-state index contributed by atoms with van der Waals surface area (Å²) in [5.74, 6) is 1.53. The second kappa shape index (κ2) is 10.4. The molecule has 2 N–H and O–H groups in total. The number of amides is 1. The van der Waals surface area contributed by atoms with Crippen LogP contribution in [0, 0.1) is 0 Å². The maximum Gasteiger partial charge on any atom is 0.243 e. The van der Waals surface area contributed by atoms with Gasteiger partial charge in [0.05, 0.1) is 0 Å². The van der Waals surface area contributed by atoms with Gasteiger partial charge in [-0.1, -0.05) is 11.6 Å². The fraction of sp³-hybridized carbons (Fsp3) is 0.500. The Morgan fingerprint density at radius 3 is 2.52 bits per heavy atom. The van der Waals surface area contributed by atoms with Crippen molar-refractivity contribution < 1.29 is 4.79 Å². The van der Waals surface area contributed by atoms with Gasteiger partial charge in [-0.15, -0.1) is 11.8 Å². The van der Waals surface area contributed by atoms with Crippen LogP contribution in [0.1, 0.15) is 13.8 Å². The molecule has 1 amide bonds. The smallest absolute Gasteiger partial charge is 0.243 e. The van der Waals surface area contributed by atoms with Crippen molar-refractivity contribution in [3.8, 4) is 0 Å². The number of carbonyl (C=O) groups is 1. The first kappa shape index (κ1) is 19.6. The van der Waals surface area contributed by atoms with Crippen molar-refractivity contribution in [3.05, 3.63) is 29.3 Å². The number of thioether (sulfide) groups is 1. The number of guanidine groups is 1. The molecule has 0 spiro atoms. The molecule has 0 atom stereocenters. The molecule has 7 heteroatoms. The molecule has 0 radical (unpaired) electrons. The lowest BCUT2D eigenvalue weighted by Gasteiger charge is -2.15. The number of hydrogen-bond acceptors (Lipinski definition) is 3. The monoisotopic (exact) mass is 356 g/mol. The Bertz CT molecular complexity index is 517. The van der Waals surface area contributed by atoms with Crippen molar-refractivity contribution >= 4 is 35.2 Å². The Labute approximate surface area is 147 Å². The number of benzene rings is 1. The van der Waals surface area contributed by atoms with Crippen molar-refractivity contribution in [2.45, 2.75) is 24.8 Å². The molecule has 0 unspecified atom stereocenters. The van der Waals surface area contributed by atoms with Gasteiger partial charge in [0.2, 0.25) is 5.91 Å². The molecule has 0 saturated heterocycles. The summed E-state index contributed by atoms with van der Waals surface area (Å²) in [6.45, 7) is 4.96. The highest BCUT2D eigenvalue weighted by Crippen LogP contribution is 2.19. The van der Waals surface area contributed by atoms with Gasteiger partial charge in [-0.05, 0) is 38.1 Å². The third-order valence-corrected chi connectivity index (χ3v) is 4.04. The van der Waals surface area contributed by atoms with Crippen molar-refractivity contribution in [1.82, 2.24) is 15.5 Å². The molecule has 1 rings (SSSR count). The molecule has 0 heterocycles. The van der Waals surface area contributed by atoms with Gasteiger partial charge in [-0.2, -0.15) is 0 Å². The van der Waals surface area contributed by atoms with Gasteiger partial charge in [-0.25, -0.2) is 4.99 Å². The second-order valence-corrected chi connectivity index (χ2v) is 7.09.